The van der Waals surface area contributed by atoms with Crippen LogP contribution in [0.5, 0.6) is 5.75 Å². The number of rotatable bonds is 9. The Kier molecular flexibility index (Phi) is 7.25. The highest BCUT2D eigenvalue weighted by molar-refractivity contribution is 7.92. The van der Waals surface area contributed by atoms with Crippen LogP contribution in [0.15, 0.2) is 77.8 Å². The molecule has 31 heavy (non-hydrogen) atoms. The van der Waals surface area contributed by atoms with Crippen LogP contribution in [0.4, 0.5) is 5.69 Å². The lowest BCUT2D eigenvalue weighted by molar-refractivity contribution is -0.119. The Morgan fingerprint density at radius 3 is 2.42 bits per heavy atom. The van der Waals surface area contributed by atoms with Crippen molar-refractivity contribution in [2.75, 3.05) is 17.5 Å². The quantitative estimate of drug-likeness (QED) is 0.553. The topological polar surface area (TPSA) is 88.6 Å². The Morgan fingerprint density at radius 1 is 1.03 bits per heavy atom. The standard InChI is InChI=1S/C23H25N3O4S/c1-3-30-22-10-5-4-9-21(22)26(31(28,29)20-13-11-18(2)12-14-20)17-23(27)25-16-19-8-6-7-15-24-19/h4-15H,3,16-17H2,1-2H3,(H,25,27). The fraction of sp³-hybridized carbons (Fsp3) is 0.217. The maximum atomic E-state index is 13.5. The summed E-state index contributed by atoms with van der Waals surface area (Å²) in [4.78, 5) is 17.0. The number of para-hydroxylation sites is 2. The van der Waals surface area contributed by atoms with Crippen molar-refractivity contribution in [1.29, 1.82) is 0 Å². The fourth-order valence-electron chi connectivity index (χ4n) is 2.96. The van der Waals surface area contributed by atoms with Gasteiger partial charge in [0, 0.05) is 6.20 Å². The summed E-state index contributed by atoms with van der Waals surface area (Å²) in [5.74, 6) is -0.0640. The summed E-state index contributed by atoms with van der Waals surface area (Å²) in [6.45, 7) is 3.86. The normalized spacial score (nSPS) is 11.0. The first-order chi connectivity index (χ1) is 14.9. The molecule has 162 valence electrons. The molecular weight excluding hydrogens is 414 g/mol. The van der Waals surface area contributed by atoms with Crippen LogP contribution in [0.1, 0.15) is 18.2 Å². The van der Waals surface area contributed by atoms with Gasteiger partial charge in [0.05, 0.1) is 29.4 Å². The molecule has 0 radical (unpaired) electrons. The second kappa shape index (κ2) is 10.1. The zero-order chi connectivity index (χ0) is 22.3. The highest BCUT2D eigenvalue weighted by atomic mass is 32.2. The van der Waals surface area contributed by atoms with E-state index in [1.165, 1.54) is 12.1 Å². The number of pyridine rings is 1. The van der Waals surface area contributed by atoms with Crippen LogP contribution < -0.4 is 14.4 Å². The lowest BCUT2D eigenvalue weighted by Crippen LogP contribution is -2.41. The van der Waals surface area contributed by atoms with Gasteiger partial charge < -0.3 is 10.1 Å². The largest absolute Gasteiger partial charge is 0.492 e. The molecule has 0 atom stereocenters. The maximum absolute atomic E-state index is 13.5. The van der Waals surface area contributed by atoms with Crippen LogP contribution in [-0.4, -0.2) is 32.5 Å². The molecule has 8 heteroatoms. The van der Waals surface area contributed by atoms with Crippen molar-refractivity contribution < 1.29 is 17.9 Å². The first-order valence-electron chi connectivity index (χ1n) is 9.89. The van der Waals surface area contributed by atoms with Crippen molar-refractivity contribution in [2.45, 2.75) is 25.3 Å². The number of carbonyl (C=O) groups is 1. The average molecular weight is 440 g/mol. The molecule has 0 saturated heterocycles. The third-order valence-electron chi connectivity index (χ3n) is 4.52. The molecule has 2 aromatic carbocycles. The first kappa shape index (κ1) is 22.3. The number of benzene rings is 2. The van der Waals surface area contributed by atoms with Crippen molar-refractivity contribution in [3.8, 4) is 5.75 Å². The van der Waals surface area contributed by atoms with E-state index in [9.17, 15) is 13.2 Å². The highest BCUT2D eigenvalue weighted by Crippen LogP contribution is 2.32. The summed E-state index contributed by atoms with van der Waals surface area (Å²) in [5, 5.41) is 2.73. The molecule has 1 amide bonds. The number of nitrogens with zero attached hydrogens (tertiary/aromatic N) is 2. The number of hydrogen-bond acceptors (Lipinski definition) is 5. The third-order valence-corrected chi connectivity index (χ3v) is 6.30. The molecule has 0 fully saturated rings. The van der Waals surface area contributed by atoms with Gasteiger partial charge in [0.25, 0.3) is 10.0 Å². The maximum Gasteiger partial charge on any atom is 0.264 e. The Hall–Kier alpha value is -3.39. The molecule has 3 rings (SSSR count). The summed E-state index contributed by atoms with van der Waals surface area (Å²) in [6, 6.07) is 18.7. The molecule has 0 saturated carbocycles. The van der Waals surface area contributed by atoms with E-state index < -0.39 is 22.5 Å². The number of carbonyl (C=O) groups excluding carboxylic acids is 1. The fourth-order valence-corrected chi connectivity index (χ4v) is 4.39. The number of nitrogens with one attached hydrogen (secondary N) is 1. The summed E-state index contributed by atoms with van der Waals surface area (Å²) in [6.07, 6.45) is 1.63. The van der Waals surface area contributed by atoms with Gasteiger partial charge in [0.2, 0.25) is 5.91 Å². The number of ether oxygens (including phenoxy) is 1. The molecule has 0 spiro atoms. The predicted molar refractivity (Wildman–Crippen MR) is 119 cm³/mol. The number of aryl methyl sites for hydroxylation is 1. The van der Waals surface area contributed by atoms with E-state index in [1.54, 1.807) is 54.7 Å². The molecule has 0 bridgehead atoms. The van der Waals surface area contributed by atoms with Gasteiger partial charge in [-0.2, -0.15) is 0 Å². The molecule has 0 aliphatic rings. The van der Waals surface area contributed by atoms with E-state index in [-0.39, 0.29) is 11.4 Å². The van der Waals surface area contributed by atoms with E-state index in [2.05, 4.69) is 10.3 Å². The number of anilines is 1. The van der Waals surface area contributed by atoms with E-state index in [0.29, 0.717) is 23.7 Å². The Balaban J connectivity index is 1.93. The van der Waals surface area contributed by atoms with Crippen LogP contribution in [0, 0.1) is 6.92 Å². The van der Waals surface area contributed by atoms with Crippen LogP contribution in [0.3, 0.4) is 0 Å². The van der Waals surface area contributed by atoms with E-state index >= 15 is 0 Å². The van der Waals surface area contributed by atoms with Gasteiger partial charge in [0.15, 0.2) is 0 Å². The van der Waals surface area contributed by atoms with Gasteiger partial charge in [-0.15, -0.1) is 0 Å². The number of sulfonamides is 1. The van der Waals surface area contributed by atoms with Gasteiger partial charge >= 0.3 is 0 Å². The summed E-state index contributed by atoms with van der Waals surface area (Å²) >= 11 is 0. The van der Waals surface area contributed by atoms with Crippen LogP contribution in [0.2, 0.25) is 0 Å². The molecule has 0 aliphatic heterocycles. The molecule has 1 N–H and O–H groups in total. The van der Waals surface area contributed by atoms with Gasteiger partial charge in [-0.1, -0.05) is 35.9 Å². The van der Waals surface area contributed by atoms with Gasteiger partial charge in [0.1, 0.15) is 12.3 Å². The van der Waals surface area contributed by atoms with Crippen molar-refractivity contribution in [2.24, 2.45) is 0 Å². The van der Waals surface area contributed by atoms with Crippen LogP contribution in [0.25, 0.3) is 0 Å². The zero-order valence-corrected chi connectivity index (χ0v) is 18.3. The van der Waals surface area contributed by atoms with Crippen LogP contribution in [-0.2, 0) is 21.4 Å². The molecule has 1 heterocycles. The second-order valence-electron chi connectivity index (χ2n) is 6.82. The third kappa shape index (κ3) is 5.61. The zero-order valence-electron chi connectivity index (χ0n) is 17.5. The number of hydrogen-bond donors (Lipinski definition) is 1. The minimum Gasteiger partial charge on any atom is -0.492 e. The van der Waals surface area contributed by atoms with E-state index in [0.717, 1.165) is 9.87 Å². The molecule has 3 aromatic rings. The van der Waals surface area contributed by atoms with Crippen molar-refractivity contribution in [3.05, 3.63) is 84.2 Å². The van der Waals surface area contributed by atoms with E-state index in [4.69, 9.17) is 4.74 Å². The average Bonchev–Trinajstić information content (AvgIpc) is 2.78. The molecule has 7 nitrogen and oxygen atoms in total. The van der Waals surface area contributed by atoms with Crippen molar-refractivity contribution in [1.82, 2.24) is 10.3 Å². The monoisotopic (exact) mass is 439 g/mol. The lowest BCUT2D eigenvalue weighted by atomic mass is 10.2. The van der Waals surface area contributed by atoms with Gasteiger partial charge in [-0.3, -0.25) is 14.1 Å². The highest BCUT2D eigenvalue weighted by Gasteiger charge is 2.29. The molecule has 0 aliphatic carbocycles. The smallest absolute Gasteiger partial charge is 0.264 e. The Labute approximate surface area is 182 Å². The van der Waals surface area contributed by atoms with E-state index in [1.807, 2.05) is 19.9 Å². The first-order valence-corrected chi connectivity index (χ1v) is 11.3. The summed E-state index contributed by atoms with van der Waals surface area (Å²) in [5.41, 5.74) is 1.92. The lowest BCUT2D eigenvalue weighted by Gasteiger charge is -2.26. The van der Waals surface area contributed by atoms with Crippen molar-refractivity contribution in [3.63, 3.8) is 0 Å². The predicted octanol–water partition coefficient (Wildman–Crippen LogP) is 3.30. The number of aromatic nitrogens is 1. The van der Waals surface area contributed by atoms with Crippen molar-refractivity contribution >= 4 is 21.6 Å². The molecule has 1 aromatic heterocycles. The summed E-state index contributed by atoms with van der Waals surface area (Å²) in [7, 11) is -4.01. The SMILES string of the molecule is CCOc1ccccc1N(CC(=O)NCc1ccccn1)S(=O)(=O)c1ccc(C)cc1. The Bertz CT molecular complexity index is 1120. The molecule has 0 unspecified atom stereocenters. The second-order valence-corrected chi connectivity index (χ2v) is 8.69. The molecular formula is C23H25N3O4S. The van der Waals surface area contributed by atoms with Gasteiger partial charge in [-0.05, 0) is 50.2 Å². The summed E-state index contributed by atoms with van der Waals surface area (Å²) < 4.78 is 33.7. The minimum absolute atomic E-state index is 0.0990. The van der Waals surface area contributed by atoms with Gasteiger partial charge in [-0.25, -0.2) is 8.42 Å². The Morgan fingerprint density at radius 2 is 1.74 bits per heavy atom. The van der Waals surface area contributed by atoms with Crippen LogP contribution >= 0.6 is 0 Å². The minimum atomic E-state index is -4.01. The number of amides is 1.